The molecule has 1 N–H and O–H groups in total. The van der Waals surface area contributed by atoms with E-state index in [0.29, 0.717) is 24.6 Å². The van der Waals surface area contributed by atoms with Gasteiger partial charge in [0.05, 0.1) is 29.3 Å². The number of benzene rings is 1. The van der Waals surface area contributed by atoms with Gasteiger partial charge in [-0.2, -0.15) is 0 Å². The van der Waals surface area contributed by atoms with E-state index in [1.165, 1.54) is 30.0 Å². The van der Waals surface area contributed by atoms with Gasteiger partial charge >= 0.3 is 5.97 Å². The number of anilines is 1. The number of fused-ring (bicyclic) bond motifs is 1. The average Bonchev–Trinajstić information content (AvgIpc) is 2.43. The van der Waals surface area contributed by atoms with Crippen molar-refractivity contribution in [3.8, 4) is 5.75 Å². The van der Waals surface area contributed by atoms with Crippen LogP contribution in [0.1, 0.15) is 13.3 Å². The van der Waals surface area contributed by atoms with Crippen molar-refractivity contribution in [1.29, 1.82) is 0 Å². The Balaban J connectivity index is 2.37. The first-order valence-corrected chi connectivity index (χ1v) is 7.96. The highest BCUT2D eigenvalue weighted by molar-refractivity contribution is 7.91. The summed E-state index contributed by atoms with van der Waals surface area (Å²) in [5.74, 6) is -1.43. The van der Waals surface area contributed by atoms with E-state index < -0.39 is 28.0 Å². The summed E-state index contributed by atoms with van der Waals surface area (Å²) in [6.07, 6.45) is -0.466. The second kappa shape index (κ2) is 5.72. The highest BCUT2D eigenvalue weighted by atomic mass is 32.2. The van der Waals surface area contributed by atoms with Crippen LogP contribution < -0.4 is 9.64 Å². The minimum atomic E-state index is -3.71. The quantitative estimate of drug-likeness (QED) is 0.877. The summed E-state index contributed by atoms with van der Waals surface area (Å²) in [6, 6.07) is 4.20. The highest BCUT2D eigenvalue weighted by Crippen LogP contribution is 2.34. The fourth-order valence-electron chi connectivity index (χ4n) is 2.06. The van der Waals surface area contributed by atoms with E-state index in [0.717, 1.165) is 0 Å². The predicted molar refractivity (Wildman–Crippen MR) is 74.3 cm³/mol. The number of ether oxygens (including phenoxy) is 1. The first kappa shape index (κ1) is 15.3. The molecule has 0 bridgehead atoms. The molecule has 0 saturated carbocycles. The molecule has 0 spiro atoms. The van der Waals surface area contributed by atoms with E-state index in [9.17, 15) is 18.0 Å². The number of carboxylic acids is 1. The van der Waals surface area contributed by atoms with Crippen molar-refractivity contribution in [2.24, 2.45) is 0 Å². The lowest BCUT2D eigenvalue weighted by Gasteiger charge is -2.29. The average molecular weight is 313 g/mol. The van der Waals surface area contributed by atoms with Crippen molar-refractivity contribution < 1.29 is 27.9 Å². The van der Waals surface area contributed by atoms with Crippen LogP contribution in [0.3, 0.4) is 0 Å². The maximum Gasteiger partial charge on any atom is 0.304 e. The third-order valence-electron chi connectivity index (χ3n) is 3.12. The van der Waals surface area contributed by atoms with Crippen molar-refractivity contribution >= 4 is 27.4 Å². The number of carbonyl (C=O) groups is 2. The summed E-state index contributed by atoms with van der Waals surface area (Å²) in [7, 11) is -3.71. The van der Waals surface area contributed by atoms with Crippen molar-refractivity contribution in [3.63, 3.8) is 0 Å². The van der Waals surface area contributed by atoms with Crippen LogP contribution in [0.2, 0.25) is 0 Å². The smallest absolute Gasteiger partial charge is 0.304 e. The van der Waals surface area contributed by atoms with E-state index in [1.54, 1.807) is 0 Å². The van der Waals surface area contributed by atoms with Crippen LogP contribution in [0, 0.1) is 0 Å². The lowest BCUT2D eigenvalue weighted by atomic mass is 10.2. The fraction of sp³-hybridized carbons (Fsp3) is 0.385. The van der Waals surface area contributed by atoms with E-state index >= 15 is 0 Å². The normalized spacial score (nSPS) is 14.2. The third-order valence-corrected chi connectivity index (χ3v) is 4.83. The first-order valence-electron chi connectivity index (χ1n) is 6.31. The molecule has 0 radical (unpaired) electrons. The molecule has 1 heterocycles. The summed E-state index contributed by atoms with van der Waals surface area (Å²) in [6.45, 7) is 2.08. The number of hydrogen-bond donors (Lipinski definition) is 1. The molecule has 1 aliphatic rings. The molecule has 1 aromatic carbocycles. The number of rotatable bonds is 4. The summed E-state index contributed by atoms with van der Waals surface area (Å²) in [5, 5.41) is 8.59. The van der Waals surface area contributed by atoms with Crippen LogP contribution in [-0.2, 0) is 19.4 Å². The molecule has 114 valence electrons. The lowest BCUT2D eigenvalue weighted by molar-refractivity contribution is -0.136. The zero-order valence-corrected chi connectivity index (χ0v) is 12.2. The Kier molecular flexibility index (Phi) is 4.17. The van der Waals surface area contributed by atoms with E-state index in [4.69, 9.17) is 9.84 Å². The molecular weight excluding hydrogens is 298 g/mol. The van der Waals surface area contributed by atoms with Gasteiger partial charge in [0.1, 0.15) is 12.4 Å². The van der Waals surface area contributed by atoms with Gasteiger partial charge in [0.15, 0.2) is 9.84 Å². The molecule has 8 heteroatoms. The zero-order chi connectivity index (χ0) is 15.6. The van der Waals surface area contributed by atoms with Crippen molar-refractivity contribution in [3.05, 3.63) is 18.2 Å². The topological polar surface area (TPSA) is 101 Å². The summed E-state index contributed by atoms with van der Waals surface area (Å²) >= 11 is 0. The van der Waals surface area contributed by atoms with Gasteiger partial charge < -0.3 is 14.7 Å². The third kappa shape index (κ3) is 3.33. The van der Waals surface area contributed by atoms with E-state index in [2.05, 4.69) is 0 Å². The molecular formula is C13H15NO6S. The maximum absolute atomic E-state index is 12.1. The SMILES string of the molecule is CC(=O)N1CCOc2ccc(S(=O)(=O)CCC(=O)O)cc21. The summed E-state index contributed by atoms with van der Waals surface area (Å²) < 4.78 is 29.6. The number of amides is 1. The first-order chi connectivity index (χ1) is 9.81. The van der Waals surface area contributed by atoms with Crippen molar-refractivity contribution in [1.82, 2.24) is 0 Å². The summed E-state index contributed by atoms with van der Waals surface area (Å²) in [5.41, 5.74) is 0.394. The predicted octanol–water partition coefficient (Wildman–Crippen LogP) is 0.680. The standard InChI is InChI=1S/C13H15NO6S/c1-9(15)14-5-6-20-12-3-2-10(8-11(12)14)21(18,19)7-4-13(16)17/h2-3,8H,4-7H2,1H3,(H,16,17). The second-order valence-corrected chi connectivity index (χ2v) is 6.72. The molecule has 1 amide bonds. The molecule has 0 aliphatic carbocycles. The molecule has 0 saturated heterocycles. The van der Waals surface area contributed by atoms with E-state index in [-0.39, 0.29) is 10.8 Å². The van der Waals surface area contributed by atoms with Gasteiger partial charge in [-0.1, -0.05) is 0 Å². The minimum absolute atomic E-state index is 0.0146. The van der Waals surface area contributed by atoms with Crippen LogP contribution in [0.4, 0.5) is 5.69 Å². The number of carbonyl (C=O) groups excluding carboxylic acids is 1. The Bertz CT molecular complexity index is 682. The highest BCUT2D eigenvalue weighted by Gasteiger charge is 2.24. The molecule has 1 aromatic rings. The van der Waals surface area contributed by atoms with Crippen LogP contribution in [-0.4, -0.2) is 44.3 Å². The van der Waals surface area contributed by atoms with Crippen LogP contribution >= 0.6 is 0 Å². The largest absolute Gasteiger partial charge is 0.490 e. The number of carboxylic acid groups (broad SMARTS) is 1. The number of nitrogens with zero attached hydrogens (tertiary/aromatic N) is 1. The fourth-order valence-corrected chi connectivity index (χ4v) is 3.30. The molecule has 0 aromatic heterocycles. The lowest BCUT2D eigenvalue weighted by Crippen LogP contribution is -2.36. The Hall–Kier alpha value is -2.09. The van der Waals surface area contributed by atoms with Crippen molar-refractivity contribution in [2.75, 3.05) is 23.8 Å². The minimum Gasteiger partial charge on any atom is -0.490 e. The van der Waals surface area contributed by atoms with Gasteiger partial charge in [-0.25, -0.2) is 8.42 Å². The number of aliphatic carboxylic acids is 1. The molecule has 2 rings (SSSR count). The van der Waals surface area contributed by atoms with Gasteiger partial charge in [0, 0.05) is 6.92 Å². The Labute approximate surface area is 122 Å². The Morgan fingerprint density at radius 2 is 2.10 bits per heavy atom. The summed E-state index contributed by atoms with van der Waals surface area (Å²) in [4.78, 5) is 23.5. The maximum atomic E-state index is 12.1. The molecule has 7 nitrogen and oxygen atoms in total. The van der Waals surface area contributed by atoms with Gasteiger partial charge in [-0.15, -0.1) is 0 Å². The molecule has 1 aliphatic heterocycles. The van der Waals surface area contributed by atoms with Gasteiger partial charge in [0.2, 0.25) is 5.91 Å². The second-order valence-electron chi connectivity index (χ2n) is 4.61. The monoisotopic (exact) mass is 313 g/mol. The van der Waals surface area contributed by atoms with Crippen LogP contribution in [0.25, 0.3) is 0 Å². The molecule has 0 fully saturated rings. The van der Waals surface area contributed by atoms with Gasteiger partial charge in [-0.05, 0) is 18.2 Å². The number of hydrogen-bond acceptors (Lipinski definition) is 5. The Morgan fingerprint density at radius 3 is 2.71 bits per heavy atom. The number of sulfone groups is 1. The van der Waals surface area contributed by atoms with Crippen LogP contribution in [0.15, 0.2) is 23.1 Å². The molecule has 0 atom stereocenters. The van der Waals surface area contributed by atoms with E-state index in [1.807, 2.05) is 0 Å². The van der Waals surface area contributed by atoms with Crippen molar-refractivity contribution in [2.45, 2.75) is 18.2 Å². The Morgan fingerprint density at radius 1 is 1.38 bits per heavy atom. The van der Waals surface area contributed by atoms with Gasteiger partial charge in [-0.3, -0.25) is 9.59 Å². The van der Waals surface area contributed by atoms with Gasteiger partial charge in [0.25, 0.3) is 0 Å². The zero-order valence-electron chi connectivity index (χ0n) is 11.4. The molecule has 21 heavy (non-hydrogen) atoms. The van der Waals surface area contributed by atoms with Crippen LogP contribution in [0.5, 0.6) is 5.75 Å². The molecule has 0 unspecified atom stereocenters.